The zero-order chi connectivity index (χ0) is 61.9. The minimum absolute atomic E-state index is 0.0826. The number of carboxylic acids is 2. The Morgan fingerprint density at radius 2 is 1.22 bits per heavy atom. The van der Waals surface area contributed by atoms with Crippen LogP contribution in [0.2, 0.25) is 0 Å². The lowest BCUT2D eigenvalue weighted by atomic mass is 10.1. The van der Waals surface area contributed by atoms with E-state index in [-0.39, 0.29) is 67.5 Å². The zero-order valence-electron chi connectivity index (χ0n) is 46.4. The van der Waals surface area contributed by atoms with Gasteiger partial charge in [-0.3, -0.25) is 50.0 Å². The van der Waals surface area contributed by atoms with E-state index in [1.807, 2.05) is 77.0 Å². The maximum absolute atomic E-state index is 11.9. The van der Waals surface area contributed by atoms with Gasteiger partial charge < -0.3 is 46.0 Å². The number of aliphatic hydroxyl groups excluding tert-OH is 2. The van der Waals surface area contributed by atoms with Gasteiger partial charge in [0.2, 0.25) is 0 Å². The number of rotatable bonds is 24. The fourth-order valence-electron chi connectivity index (χ4n) is 6.98. The fraction of sp³-hybridized carbons (Fsp3) is 0.370. The number of nitrogens with zero attached hydrogens (tertiary/aromatic N) is 5. The van der Waals surface area contributed by atoms with Crippen LogP contribution >= 0.6 is 45.1 Å². The second-order valence-corrected chi connectivity index (χ2v) is 22.8. The van der Waals surface area contributed by atoms with Gasteiger partial charge in [-0.15, -0.1) is 11.8 Å². The monoisotopic (exact) mass is 1230 g/mol. The van der Waals surface area contributed by atoms with Gasteiger partial charge in [-0.25, -0.2) is 9.59 Å². The molecule has 448 valence electrons. The lowest BCUT2D eigenvalue weighted by molar-refractivity contribution is -0.385. The molecule has 6 rings (SSSR count). The molecule has 0 aromatic heterocycles. The summed E-state index contributed by atoms with van der Waals surface area (Å²) in [5, 5.41) is 89.4. The van der Waals surface area contributed by atoms with Gasteiger partial charge in [-0.2, -0.15) is 11.8 Å². The summed E-state index contributed by atoms with van der Waals surface area (Å²) >= 11 is 2.42. The molecule has 0 aliphatic carbocycles. The first-order valence-electron chi connectivity index (χ1n) is 25.3. The van der Waals surface area contributed by atoms with Crippen molar-refractivity contribution in [1.29, 1.82) is 0 Å². The number of aromatic carboxylic acids is 2. The molecule has 7 N–H and O–H groups in total. The van der Waals surface area contributed by atoms with Crippen LogP contribution in [0.25, 0.3) is 0 Å². The summed E-state index contributed by atoms with van der Waals surface area (Å²) in [6.45, 7) is 9.07. The molecular weight excluding hydrogens is 1160 g/mol. The van der Waals surface area contributed by atoms with Gasteiger partial charge in [0.15, 0.2) is 0 Å². The van der Waals surface area contributed by atoms with Crippen LogP contribution in [0.4, 0.5) is 34.1 Å². The highest BCUT2D eigenvalue weighted by Crippen LogP contribution is 2.36. The van der Waals surface area contributed by atoms with Crippen LogP contribution in [0.5, 0.6) is 5.75 Å². The van der Waals surface area contributed by atoms with Crippen LogP contribution in [-0.4, -0.2) is 139 Å². The Labute approximate surface area is 494 Å². The van der Waals surface area contributed by atoms with Crippen molar-refractivity contribution in [2.45, 2.75) is 70.3 Å². The second-order valence-electron chi connectivity index (χ2n) is 18.3. The van der Waals surface area contributed by atoms with Gasteiger partial charge in [0.25, 0.3) is 34.6 Å². The Bertz CT molecular complexity index is 3010. The quantitative estimate of drug-likeness (QED) is 0.0131. The summed E-state index contributed by atoms with van der Waals surface area (Å²) in [5.74, 6) is -0.699. The van der Waals surface area contributed by atoms with Crippen molar-refractivity contribution in [3.8, 4) is 5.75 Å². The van der Waals surface area contributed by atoms with Crippen molar-refractivity contribution < 1.29 is 64.0 Å². The molecule has 2 amide bonds. The van der Waals surface area contributed by atoms with E-state index in [1.54, 1.807) is 40.0 Å². The van der Waals surface area contributed by atoms with Crippen LogP contribution in [0.15, 0.2) is 102 Å². The number of benzene rings is 5. The first-order chi connectivity index (χ1) is 39.3. The Hall–Kier alpha value is -7.70. The molecule has 1 aliphatic rings. The van der Waals surface area contributed by atoms with E-state index in [9.17, 15) is 69.8 Å². The van der Waals surface area contributed by atoms with Crippen LogP contribution in [0.3, 0.4) is 0 Å². The first kappa shape index (κ1) is 69.6. The molecule has 0 spiro atoms. The minimum atomic E-state index is -1.28. The standard InChI is InChI=1S/C16H19N3O2.C14H19N3O4.C12H15NO6S2.C12H13NO5S2/c1-12-4-5-13(16(10-12)19(20)21)11-17-14-6-8-15(9-7-14)18(2)3;1-3-5-15-13(18)10-7-11(14(19)16-6-4-2)9-12(8-10)17(20)21;1-20-5-9(14)10(15)6-21-11-3-2-7(13(18)19)4-8(11)12(16)17;1-7-5-19-20-6-11(7)18-10-3-2-8(13(16)17)4-9(10)12(14)15/h4-10,17H,11H2,1-3H3;7-9H,3-6H2,1-2H3,(H,15,18)(H,16,19);2-4,9-10,14-15H,5-6H2,1H3,(H,16,17);2-4,7,11H,5-6H2,1H3,(H,14,15). The Kier molecular flexibility index (Phi) is 29.6. The molecule has 1 heterocycles. The van der Waals surface area contributed by atoms with Gasteiger partial charge in [-0.05, 0) is 74.0 Å². The van der Waals surface area contributed by atoms with Gasteiger partial charge in [0.1, 0.15) is 17.4 Å². The fourth-order valence-corrected chi connectivity index (χ4v) is 11.4. The van der Waals surface area contributed by atoms with E-state index in [2.05, 4.69) is 16.0 Å². The third-order valence-electron chi connectivity index (χ3n) is 11.6. The lowest BCUT2D eigenvalue weighted by Crippen LogP contribution is -2.31. The van der Waals surface area contributed by atoms with Crippen molar-refractivity contribution in [1.82, 2.24) is 10.6 Å². The smallest absolute Gasteiger partial charge is 0.339 e. The number of nitro groups is 4. The van der Waals surface area contributed by atoms with Gasteiger partial charge in [0.05, 0.1) is 37.5 Å². The molecule has 4 unspecified atom stereocenters. The summed E-state index contributed by atoms with van der Waals surface area (Å²) in [6.07, 6.45) is 1.32. The molecule has 1 aliphatic heterocycles. The maximum Gasteiger partial charge on any atom is 0.339 e. The molecule has 83 heavy (non-hydrogen) atoms. The molecule has 4 atom stereocenters. The summed E-state index contributed by atoms with van der Waals surface area (Å²) in [5.41, 5.74) is 2.80. The van der Waals surface area contributed by atoms with Crippen molar-refractivity contribution >= 4 is 103 Å². The highest BCUT2D eigenvalue weighted by molar-refractivity contribution is 8.76. The van der Waals surface area contributed by atoms with E-state index in [1.165, 1.54) is 54.2 Å². The number of nitrogens with one attached hydrogen (secondary N) is 3. The number of carboxylic acid groups (broad SMARTS) is 2. The molecule has 1 saturated heterocycles. The number of nitro benzene ring substituents is 4. The number of thioether (sulfide) groups is 2. The van der Waals surface area contributed by atoms with Gasteiger partial charge in [0, 0.05) is 138 Å². The van der Waals surface area contributed by atoms with Gasteiger partial charge >= 0.3 is 11.9 Å². The first-order valence-corrected chi connectivity index (χ1v) is 30.2. The van der Waals surface area contributed by atoms with Crippen molar-refractivity contribution in [3.63, 3.8) is 0 Å². The van der Waals surface area contributed by atoms with Gasteiger partial charge in [-0.1, -0.05) is 54.5 Å². The number of hydrogen-bond acceptors (Lipinski definition) is 21. The maximum atomic E-state index is 11.9. The van der Waals surface area contributed by atoms with Crippen LogP contribution in [-0.2, 0) is 6.54 Å². The molecule has 29 heteroatoms. The molecule has 5 aromatic rings. The minimum Gasteiger partial charge on any atom is -0.488 e. The summed E-state index contributed by atoms with van der Waals surface area (Å²) in [4.78, 5) is 89.6. The van der Waals surface area contributed by atoms with Crippen molar-refractivity contribution in [2.24, 2.45) is 5.92 Å². The highest BCUT2D eigenvalue weighted by Gasteiger charge is 2.27. The third kappa shape index (κ3) is 23.2. The topological polar surface area (TPSA) is 370 Å². The lowest BCUT2D eigenvalue weighted by Gasteiger charge is -2.28. The average molecular weight is 1230 g/mol. The largest absolute Gasteiger partial charge is 0.488 e. The SMILES string of the molecule is CC1CSSCC1Oc1ccc([N+](=O)[O-])cc1C(=O)O.CCCNC(=O)c1cc(C(=O)NCCC)cc([N+](=O)[O-])c1.CSCC(O)C(O)CSc1ccc([N+](=O)[O-])cc1C(=O)O.Cc1ccc(CNc2ccc(N(C)C)cc2)c([N+](=O)[O-])c1. The van der Waals surface area contributed by atoms with E-state index in [0.29, 0.717) is 41.8 Å². The number of hydrogen-bond donors (Lipinski definition) is 7. The number of aliphatic hydroxyl groups is 2. The number of anilines is 2. The molecule has 1 fully saturated rings. The Morgan fingerprint density at radius 1 is 0.687 bits per heavy atom. The second kappa shape index (κ2) is 35.3. The van der Waals surface area contributed by atoms with E-state index >= 15 is 0 Å². The third-order valence-corrected chi connectivity index (χ3v) is 16.0. The molecule has 0 saturated carbocycles. The molecule has 5 aromatic carbocycles. The van der Waals surface area contributed by atoms with Crippen molar-refractivity contribution in [3.05, 3.63) is 171 Å². The predicted octanol–water partition coefficient (Wildman–Crippen LogP) is 10.00. The molecule has 0 bridgehead atoms. The number of aryl methyl sites for hydroxylation is 1. The number of carbonyl (C=O) groups is 4. The van der Waals surface area contributed by atoms with Crippen molar-refractivity contribution in [2.75, 3.05) is 66.7 Å². The Morgan fingerprint density at radius 3 is 1.71 bits per heavy atom. The Balaban J connectivity index is 0.000000290. The number of ether oxygens (including phenoxy) is 1. The summed E-state index contributed by atoms with van der Waals surface area (Å²) in [7, 11) is 7.42. The van der Waals surface area contributed by atoms with Crippen LogP contribution in [0, 0.1) is 53.3 Å². The number of non-ortho nitro benzene ring substituents is 3. The predicted molar refractivity (Wildman–Crippen MR) is 324 cm³/mol. The van der Waals surface area contributed by atoms with Crippen LogP contribution < -0.4 is 25.6 Å². The normalized spacial score (nSPS) is 13.9. The number of amides is 2. The summed E-state index contributed by atoms with van der Waals surface area (Å²) in [6, 6.07) is 24.1. The van der Waals surface area contributed by atoms with E-state index in [4.69, 9.17) is 14.9 Å². The van der Waals surface area contributed by atoms with Crippen LogP contribution in [0.1, 0.15) is 86.2 Å². The van der Waals surface area contributed by atoms with E-state index in [0.717, 1.165) is 65.2 Å². The van der Waals surface area contributed by atoms with E-state index < -0.39 is 50.7 Å². The zero-order valence-corrected chi connectivity index (χ0v) is 49.6. The molecular formula is C54H66N8O17S4. The summed E-state index contributed by atoms with van der Waals surface area (Å²) < 4.78 is 5.76. The molecule has 25 nitrogen and oxygen atoms in total. The highest BCUT2D eigenvalue weighted by atomic mass is 33.1. The molecule has 0 radical (unpaired) electrons. The number of carbonyl (C=O) groups excluding carboxylic acids is 2. The average Bonchev–Trinajstić information content (AvgIpc) is 3.65.